The average Bonchev–Trinajstić information content (AvgIpc) is 3.52. The third kappa shape index (κ3) is 3.09. The predicted octanol–water partition coefficient (Wildman–Crippen LogP) is 2.42. The van der Waals surface area contributed by atoms with Crippen molar-refractivity contribution in [2.45, 2.75) is 38.3 Å². The molecule has 4 aliphatic heterocycles. The number of rotatable bonds is 3. The van der Waals surface area contributed by atoms with Crippen LogP contribution in [-0.2, 0) is 16.1 Å². The number of hydrogen-bond donors (Lipinski definition) is 1. The number of anilines is 2. The van der Waals surface area contributed by atoms with Crippen molar-refractivity contribution in [1.82, 2.24) is 9.55 Å². The fourth-order valence-corrected chi connectivity index (χ4v) is 5.59. The van der Waals surface area contributed by atoms with Crippen LogP contribution in [0.1, 0.15) is 25.7 Å². The molecule has 178 valence electrons. The molecule has 5 heterocycles. The minimum absolute atomic E-state index is 0.163. The third-order valence-electron chi connectivity index (χ3n) is 7.20. The first-order chi connectivity index (χ1) is 17.1. The van der Waals surface area contributed by atoms with Crippen LogP contribution in [0.3, 0.4) is 0 Å². The van der Waals surface area contributed by atoms with E-state index in [2.05, 4.69) is 14.5 Å². The van der Waals surface area contributed by atoms with Crippen molar-refractivity contribution in [1.29, 1.82) is 0 Å². The Balaban J connectivity index is 1.35. The Morgan fingerprint density at radius 1 is 1.09 bits per heavy atom. The summed E-state index contributed by atoms with van der Waals surface area (Å²) in [6.07, 6.45) is 2.90. The number of aromatic nitrogens is 2. The summed E-state index contributed by atoms with van der Waals surface area (Å²) in [5, 5.41) is 0. The van der Waals surface area contributed by atoms with Gasteiger partial charge in [0.15, 0.2) is 5.75 Å². The summed E-state index contributed by atoms with van der Waals surface area (Å²) in [6.45, 7) is 2.71. The van der Waals surface area contributed by atoms with Crippen molar-refractivity contribution < 1.29 is 19.1 Å². The molecule has 0 saturated carbocycles. The van der Waals surface area contributed by atoms with Crippen molar-refractivity contribution >= 4 is 40.2 Å². The van der Waals surface area contributed by atoms with Crippen molar-refractivity contribution in [3.8, 4) is 22.9 Å². The summed E-state index contributed by atoms with van der Waals surface area (Å²) in [5.74, 6) is 1.84. The molecule has 1 aromatic heterocycles. The number of nitrogens with zero attached hydrogens (tertiary/aromatic N) is 5. The highest BCUT2D eigenvalue weighted by Gasteiger charge is 2.34. The highest BCUT2D eigenvalue weighted by molar-refractivity contribution is 6.08. The molecule has 1 saturated heterocycles. The number of nitrogens with two attached hydrogens (primary N) is 1. The summed E-state index contributed by atoms with van der Waals surface area (Å²) in [4.78, 5) is 36.8. The Bertz CT molecular complexity index is 1440. The van der Waals surface area contributed by atoms with Gasteiger partial charge in [0.1, 0.15) is 23.1 Å². The fraction of sp³-hybridized carbons (Fsp3) is 0.360. The van der Waals surface area contributed by atoms with Gasteiger partial charge in [-0.05, 0) is 43.5 Å². The van der Waals surface area contributed by atoms with Crippen LogP contribution in [0.5, 0.6) is 11.5 Å². The van der Waals surface area contributed by atoms with Crippen LogP contribution in [0.2, 0.25) is 0 Å². The van der Waals surface area contributed by atoms with E-state index in [-0.39, 0.29) is 17.9 Å². The minimum Gasteiger partial charge on any atom is -0.491 e. The summed E-state index contributed by atoms with van der Waals surface area (Å²) < 4.78 is 14.2. The molecular weight excluding hydrogens is 448 g/mol. The zero-order valence-corrected chi connectivity index (χ0v) is 19.1. The van der Waals surface area contributed by atoms with Crippen molar-refractivity contribution in [2.75, 3.05) is 29.5 Å². The molecule has 0 radical (unpaired) electrons. The Morgan fingerprint density at radius 2 is 2.00 bits per heavy atom. The number of fused-ring (bicyclic) bond motifs is 3. The van der Waals surface area contributed by atoms with Gasteiger partial charge in [0, 0.05) is 43.4 Å². The maximum atomic E-state index is 12.0. The average molecular weight is 473 g/mol. The molecule has 10 heteroatoms. The number of ether oxygens (including phenoxy) is 2. The van der Waals surface area contributed by atoms with Gasteiger partial charge in [-0.15, -0.1) is 0 Å². The Hall–Kier alpha value is -4.08. The van der Waals surface area contributed by atoms with Crippen molar-refractivity contribution in [2.24, 2.45) is 10.7 Å². The molecule has 0 unspecified atom stereocenters. The summed E-state index contributed by atoms with van der Waals surface area (Å²) in [7, 11) is 0. The Labute approximate surface area is 200 Å². The number of carbonyl (C=O) groups excluding carboxylic acids is 2. The van der Waals surface area contributed by atoms with Gasteiger partial charge < -0.3 is 24.7 Å². The first-order valence-corrected chi connectivity index (χ1v) is 12.0. The molecule has 35 heavy (non-hydrogen) atoms. The lowest BCUT2D eigenvalue weighted by molar-refractivity contribution is -0.119. The third-order valence-corrected chi connectivity index (χ3v) is 7.20. The van der Waals surface area contributed by atoms with Crippen molar-refractivity contribution in [3.63, 3.8) is 0 Å². The molecule has 4 aliphatic rings. The summed E-state index contributed by atoms with van der Waals surface area (Å²) >= 11 is 0. The number of benzene rings is 2. The van der Waals surface area contributed by atoms with E-state index >= 15 is 0 Å². The molecular formula is C25H24N6O4. The largest absolute Gasteiger partial charge is 0.491 e. The van der Waals surface area contributed by atoms with E-state index in [0.29, 0.717) is 31.3 Å². The molecule has 2 aromatic carbocycles. The molecule has 0 bridgehead atoms. The molecule has 2 amide bonds. The van der Waals surface area contributed by atoms with Crippen LogP contribution in [-0.4, -0.2) is 53.1 Å². The quantitative estimate of drug-likeness (QED) is 0.622. The number of imidazole rings is 1. The van der Waals surface area contributed by atoms with Gasteiger partial charge in [-0.1, -0.05) is 0 Å². The number of amidine groups is 1. The van der Waals surface area contributed by atoms with Gasteiger partial charge >= 0.3 is 6.02 Å². The van der Waals surface area contributed by atoms with Crippen LogP contribution >= 0.6 is 0 Å². The van der Waals surface area contributed by atoms with Gasteiger partial charge in [-0.25, -0.2) is 4.98 Å². The first-order valence-electron chi connectivity index (χ1n) is 12.0. The molecule has 2 N–H and O–H groups in total. The Kier molecular flexibility index (Phi) is 4.33. The second-order valence-corrected chi connectivity index (χ2v) is 9.33. The van der Waals surface area contributed by atoms with E-state index in [1.54, 1.807) is 0 Å². The van der Waals surface area contributed by atoms with Crippen LogP contribution in [0, 0.1) is 0 Å². The monoisotopic (exact) mass is 472 g/mol. The number of carbonyl (C=O) groups is 2. The van der Waals surface area contributed by atoms with Gasteiger partial charge in [-0.2, -0.15) is 4.99 Å². The smallest absolute Gasteiger partial charge is 0.305 e. The van der Waals surface area contributed by atoms with Crippen LogP contribution in [0.25, 0.3) is 22.4 Å². The van der Waals surface area contributed by atoms with Gasteiger partial charge in [0.2, 0.25) is 5.91 Å². The molecule has 10 nitrogen and oxygen atoms in total. The second kappa shape index (κ2) is 7.46. The SMILES string of the molecule is NC(=O)[C@@H]1CCCN1c1cc2c3c(c1)nc(-c1ccc4c(c1)N1CCC(=O)N=C1O4)n3CCCO2. The predicted molar refractivity (Wildman–Crippen MR) is 130 cm³/mol. The molecule has 0 spiro atoms. The minimum atomic E-state index is -0.309. The van der Waals surface area contributed by atoms with Gasteiger partial charge in [0.25, 0.3) is 5.91 Å². The second-order valence-electron chi connectivity index (χ2n) is 9.33. The van der Waals surface area contributed by atoms with E-state index in [0.717, 1.165) is 71.9 Å². The molecule has 3 aromatic rings. The fourth-order valence-electron chi connectivity index (χ4n) is 5.59. The topological polar surface area (TPSA) is 115 Å². The lowest BCUT2D eigenvalue weighted by Gasteiger charge is -2.25. The maximum absolute atomic E-state index is 12.0. The summed E-state index contributed by atoms with van der Waals surface area (Å²) in [6, 6.07) is 10.0. The van der Waals surface area contributed by atoms with E-state index in [1.165, 1.54) is 0 Å². The zero-order chi connectivity index (χ0) is 23.7. The van der Waals surface area contributed by atoms with Crippen LogP contribution < -0.4 is 25.0 Å². The standard InChI is InChI=1S/C25H24N6O4/c26-23(33)17-3-1-7-29(17)15-12-16-22-20(13-15)34-10-2-8-31(22)24(27-16)14-4-5-19-18(11-14)30-9-6-21(32)28-25(30)35-19/h4-5,11-13,17H,1-3,6-10H2,(H2,26,33)/t17-/m0/s1. The van der Waals surface area contributed by atoms with Crippen molar-refractivity contribution in [3.05, 3.63) is 30.3 Å². The lowest BCUT2D eigenvalue weighted by Crippen LogP contribution is -2.40. The lowest BCUT2D eigenvalue weighted by atomic mass is 10.1. The zero-order valence-electron chi connectivity index (χ0n) is 19.1. The highest BCUT2D eigenvalue weighted by atomic mass is 16.5. The van der Waals surface area contributed by atoms with E-state index in [4.69, 9.17) is 20.2 Å². The Morgan fingerprint density at radius 3 is 2.89 bits per heavy atom. The number of hydrogen-bond acceptors (Lipinski definition) is 7. The number of amides is 2. The van der Waals surface area contributed by atoms with Crippen LogP contribution in [0.15, 0.2) is 35.3 Å². The van der Waals surface area contributed by atoms with Gasteiger partial charge in [-0.3, -0.25) is 14.5 Å². The normalized spacial score (nSPS) is 20.7. The number of aryl methyl sites for hydroxylation is 1. The highest BCUT2D eigenvalue weighted by Crippen LogP contribution is 2.42. The molecule has 1 atom stereocenters. The van der Waals surface area contributed by atoms with E-state index < -0.39 is 0 Å². The number of aliphatic imine (C=N–C) groups is 1. The summed E-state index contributed by atoms with van der Waals surface area (Å²) in [5.41, 5.74) is 10.2. The molecule has 7 rings (SSSR count). The van der Waals surface area contributed by atoms with E-state index in [1.807, 2.05) is 35.2 Å². The van der Waals surface area contributed by atoms with E-state index in [9.17, 15) is 9.59 Å². The van der Waals surface area contributed by atoms with Crippen LogP contribution in [0.4, 0.5) is 11.4 Å². The molecule has 1 fully saturated rings. The number of primary amides is 1. The molecule has 0 aliphatic carbocycles. The van der Waals surface area contributed by atoms with Gasteiger partial charge in [0.05, 0.1) is 17.8 Å². The first kappa shape index (κ1) is 20.3. The maximum Gasteiger partial charge on any atom is 0.305 e.